The molecule has 0 aromatic heterocycles. The molecular weight excluding hydrogens is 386 g/mol. The fourth-order valence-electron chi connectivity index (χ4n) is 2.04. The van der Waals surface area contributed by atoms with Crippen LogP contribution < -0.4 is 10.1 Å². The molecule has 0 atom stereocenters. The van der Waals surface area contributed by atoms with Gasteiger partial charge in [0.05, 0.1) is 13.7 Å². The number of ketones is 1. The maximum Gasteiger partial charge on any atom is 0.354 e. The minimum Gasteiger partial charge on any atom is -0.494 e. The Balaban J connectivity index is 2.22. The number of hydrogen-bond donors (Lipinski definition) is 1. The Hall–Kier alpha value is -2.60. The summed E-state index contributed by atoms with van der Waals surface area (Å²) in [6.45, 7) is 2.44. The van der Waals surface area contributed by atoms with Crippen molar-refractivity contribution in [2.45, 2.75) is 6.92 Å². The molecule has 5 nitrogen and oxygen atoms in total. The zero-order valence-corrected chi connectivity index (χ0v) is 15.5. The van der Waals surface area contributed by atoms with Gasteiger partial charge in [-0.1, -0.05) is 15.9 Å². The third-order valence-corrected chi connectivity index (χ3v) is 3.78. The summed E-state index contributed by atoms with van der Waals surface area (Å²) in [6, 6.07) is 13.9. The third kappa shape index (κ3) is 5.46. The molecular formula is C19H18BrNO4. The Kier molecular flexibility index (Phi) is 6.77. The Bertz CT molecular complexity index is 767. The first-order valence-electron chi connectivity index (χ1n) is 7.63. The van der Waals surface area contributed by atoms with E-state index in [0.29, 0.717) is 23.6 Å². The number of carbonyl (C=O) groups excluding carboxylic acids is 2. The summed E-state index contributed by atoms with van der Waals surface area (Å²) >= 11 is 3.34. The summed E-state index contributed by atoms with van der Waals surface area (Å²) in [5.41, 5.74) is 1.17. The zero-order valence-electron chi connectivity index (χ0n) is 13.9. The van der Waals surface area contributed by atoms with Crippen LogP contribution in [-0.2, 0) is 9.53 Å². The van der Waals surface area contributed by atoms with Gasteiger partial charge >= 0.3 is 5.97 Å². The number of anilines is 1. The van der Waals surface area contributed by atoms with E-state index in [1.165, 1.54) is 13.2 Å². The van der Waals surface area contributed by atoms with Crippen molar-refractivity contribution in [3.63, 3.8) is 0 Å². The van der Waals surface area contributed by atoms with Gasteiger partial charge in [0.1, 0.15) is 11.4 Å². The number of halogens is 1. The SMILES string of the molecule is CCOc1ccc(C(=O)C=C(Nc2ccc(Br)cc2)C(=O)OC)cc1. The van der Waals surface area contributed by atoms with Crippen molar-refractivity contribution in [2.24, 2.45) is 0 Å². The van der Waals surface area contributed by atoms with Crippen LogP contribution in [0.25, 0.3) is 0 Å². The van der Waals surface area contributed by atoms with Crippen LogP contribution in [0.1, 0.15) is 17.3 Å². The highest BCUT2D eigenvalue weighted by atomic mass is 79.9. The van der Waals surface area contributed by atoms with Crippen LogP contribution in [0.4, 0.5) is 5.69 Å². The minimum atomic E-state index is -0.623. The molecule has 2 aromatic carbocycles. The molecule has 0 spiro atoms. The molecule has 1 N–H and O–H groups in total. The van der Waals surface area contributed by atoms with Crippen molar-refractivity contribution in [1.82, 2.24) is 0 Å². The average molecular weight is 404 g/mol. The topological polar surface area (TPSA) is 64.6 Å². The molecule has 2 aromatic rings. The molecule has 2 rings (SSSR count). The van der Waals surface area contributed by atoms with E-state index < -0.39 is 5.97 Å². The third-order valence-electron chi connectivity index (χ3n) is 3.25. The lowest BCUT2D eigenvalue weighted by Crippen LogP contribution is -2.15. The lowest BCUT2D eigenvalue weighted by molar-refractivity contribution is -0.135. The van der Waals surface area contributed by atoms with E-state index in [4.69, 9.17) is 9.47 Å². The second-order valence-corrected chi connectivity index (χ2v) is 5.92. The van der Waals surface area contributed by atoms with E-state index in [2.05, 4.69) is 21.2 Å². The molecule has 0 radical (unpaired) electrons. The van der Waals surface area contributed by atoms with Gasteiger partial charge in [0.15, 0.2) is 5.78 Å². The number of benzene rings is 2. The van der Waals surface area contributed by atoms with E-state index in [9.17, 15) is 9.59 Å². The van der Waals surface area contributed by atoms with Crippen molar-refractivity contribution in [2.75, 3.05) is 19.0 Å². The summed E-state index contributed by atoms with van der Waals surface area (Å²) in [7, 11) is 1.26. The maximum absolute atomic E-state index is 12.4. The average Bonchev–Trinajstić information content (AvgIpc) is 2.63. The van der Waals surface area contributed by atoms with Gasteiger partial charge in [0.2, 0.25) is 0 Å². The molecule has 0 heterocycles. The van der Waals surface area contributed by atoms with Crippen LogP contribution in [0.2, 0.25) is 0 Å². The number of allylic oxidation sites excluding steroid dienone is 1. The molecule has 0 bridgehead atoms. The van der Waals surface area contributed by atoms with Crippen LogP contribution in [0, 0.1) is 0 Å². The molecule has 25 heavy (non-hydrogen) atoms. The largest absolute Gasteiger partial charge is 0.494 e. The second kappa shape index (κ2) is 9.03. The van der Waals surface area contributed by atoms with Crippen LogP contribution in [0.5, 0.6) is 5.75 Å². The highest BCUT2D eigenvalue weighted by molar-refractivity contribution is 9.10. The van der Waals surface area contributed by atoms with Crippen molar-refractivity contribution < 1.29 is 19.1 Å². The first kappa shape index (κ1) is 18.7. The number of ether oxygens (including phenoxy) is 2. The Morgan fingerprint density at radius 3 is 2.28 bits per heavy atom. The predicted octanol–water partition coefficient (Wildman–Crippen LogP) is 4.20. The van der Waals surface area contributed by atoms with Crippen LogP contribution in [0.15, 0.2) is 64.8 Å². The second-order valence-electron chi connectivity index (χ2n) is 5.00. The van der Waals surface area contributed by atoms with E-state index in [-0.39, 0.29) is 11.5 Å². The zero-order chi connectivity index (χ0) is 18.2. The molecule has 6 heteroatoms. The predicted molar refractivity (Wildman–Crippen MR) is 99.8 cm³/mol. The van der Waals surface area contributed by atoms with E-state index >= 15 is 0 Å². The number of methoxy groups -OCH3 is 1. The molecule has 0 amide bonds. The normalized spacial score (nSPS) is 10.9. The molecule has 0 aliphatic carbocycles. The minimum absolute atomic E-state index is 0.0590. The highest BCUT2D eigenvalue weighted by Gasteiger charge is 2.13. The molecule has 0 aliphatic heterocycles. The summed E-state index contributed by atoms with van der Waals surface area (Å²) in [6.07, 6.45) is 1.23. The van der Waals surface area contributed by atoms with E-state index in [1.54, 1.807) is 36.4 Å². The summed E-state index contributed by atoms with van der Waals surface area (Å²) < 4.78 is 11.0. The van der Waals surface area contributed by atoms with Crippen LogP contribution in [0.3, 0.4) is 0 Å². The smallest absolute Gasteiger partial charge is 0.354 e. The van der Waals surface area contributed by atoms with Gasteiger partial charge < -0.3 is 14.8 Å². The highest BCUT2D eigenvalue weighted by Crippen LogP contribution is 2.17. The van der Waals surface area contributed by atoms with E-state index in [1.807, 2.05) is 19.1 Å². The van der Waals surface area contributed by atoms with Gasteiger partial charge in [0, 0.05) is 21.8 Å². The molecule has 0 unspecified atom stereocenters. The van der Waals surface area contributed by atoms with Gasteiger partial charge in [-0.05, 0) is 55.5 Å². The van der Waals surface area contributed by atoms with Crippen LogP contribution >= 0.6 is 15.9 Å². The van der Waals surface area contributed by atoms with Crippen molar-refractivity contribution in [1.29, 1.82) is 0 Å². The van der Waals surface area contributed by atoms with Gasteiger partial charge in [-0.3, -0.25) is 4.79 Å². The van der Waals surface area contributed by atoms with Gasteiger partial charge in [0.25, 0.3) is 0 Å². The molecule has 0 aliphatic rings. The van der Waals surface area contributed by atoms with Crippen LogP contribution in [-0.4, -0.2) is 25.5 Å². The Morgan fingerprint density at radius 1 is 1.08 bits per heavy atom. The quantitative estimate of drug-likeness (QED) is 0.426. The number of hydrogen-bond acceptors (Lipinski definition) is 5. The number of esters is 1. The van der Waals surface area contributed by atoms with Crippen molar-refractivity contribution in [3.8, 4) is 5.75 Å². The molecule has 0 fully saturated rings. The number of rotatable bonds is 7. The van der Waals surface area contributed by atoms with Gasteiger partial charge in [-0.15, -0.1) is 0 Å². The molecule has 130 valence electrons. The fourth-order valence-corrected chi connectivity index (χ4v) is 2.31. The first-order chi connectivity index (χ1) is 12.0. The van der Waals surface area contributed by atoms with Gasteiger partial charge in [-0.25, -0.2) is 4.79 Å². The standard InChI is InChI=1S/C19H18BrNO4/c1-3-25-16-10-4-13(5-11-16)18(22)12-17(19(23)24-2)21-15-8-6-14(20)7-9-15/h4-12,21H,3H2,1-2H3. The van der Waals surface area contributed by atoms with Crippen molar-refractivity contribution in [3.05, 3.63) is 70.3 Å². The number of nitrogens with one attached hydrogen (secondary N) is 1. The molecule has 0 saturated heterocycles. The van der Waals surface area contributed by atoms with Gasteiger partial charge in [-0.2, -0.15) is 0 Å². The Labute approximate surface area is 154 Å². The lowest BCUT2D eigenvalue weighted by atomic mass is 10.1. The van der Waals surface area contributed by atoms with Crippen molar-refractivity contribution >= 4 is 33.4 Å². The summed E-state index contributed by atoms with van der Waals surface area (Å²) in [5.74, 6) is -0.250. The fraction of sp³-hybridized carbons (Fsp3) is 0.158. The first-order valence-corrected chi connectivity index (χ1v) is 8.42. The maximum atomic E-state index is 12.4. The summed E-state index contributed by atoms with van der Waals surface area (Å²) in [5, 5.41) is 2.91. The lowest BCUT2D eigenvalue weighted by Gasteiger charge is -2.09. The number of carbonyl (C=O) groups is 2. The Morgan fingerprint density at radius 2 is 1.72 bits per heavy atom. The monoisotopic (exact) mass is 403 g/mol. The van der Waals surface area contributed by atoms with E-state index in [0.717, 1.165) is 4.47 Å². The molecule has 0 saturated carbocycles. The summed E-state index contributed by atoms with van der Waals surface area (Å²) in [4.78, 5) is 24.4.